The molecule has 1 heterocycles. The predicted octanol–water partition coefficient (Wildman–Crippen LogP) is 0.897. The largest absolute Gasteiger partial charge is 0.497 e. The Morgan fingerprint density at radius 2 is 2.28 bits per heavy atom. The zero-order valence-electron chi connectivity index (χ0n) is 9.75. The average molecular weight is 267 g/mol. The molecule has 6 nitrogen and oxygen atoms in total. The van der Waals surface area contributed by atoms with Gasteiger partial charge in [0.25, 0.3) is 0 Å². The van der Waals surface area contributed by atoms with E-state index in [1.165, 1.54) is 12.4 Å². The molecule has 0 aliphatic carbocycles. The lowest BCUT2D eigenvalue weighted by molar-refractivity contribution is 0.414. The highest BCUT2D eigenvalue weighted by atomic mass is 32.2. The standard InChI is InChI=1S/C11H13N3O3S/c1-17-10-4-2-3-9(5-10)6-14-18(15,16)11-7-12-13-8-11/h2-5,7-8,14H,6H2,1H3,(H,12,13). The van der Waals surface area contributed by atoms with Crippen LogP contribution in [0.4, 0.5) is 0 Å². The first-order valence-electron chi connectivity index (χ1n) is 5.23. The Kier molecular flexibility index (Phi) is 3.63. The van der Waals surface area contributed by atoms with Crippen LogP contribution in [0.3, 0.4) is 0 Å². The summed E-state index contributed by atoms with van der Waals surface area (Å²) in [5.41, 5.74) is 0.821. The van der Waals surface area contributed by atoms with Gasteiger partial charge in [0.1, 0.15) is 10.6 Å². The van der Waals surface area contributed by atoms with Gasteiger partial charge in [0.2, 0.25) is 10.0 Å². The number of nitrogens with one attached hydrogen (secondary N) is 2. The first kappa shape index (κ1) is 12.6. The number of aromatic amines is 1. The summed E-state index contributed by atoms with van der Waals surface area (Å²) < 4.78 is 31.2. The number of nitrogens with zero attached hydrogens (tertiary/aromatic N) is 1. The van der Waals surface area contributed by atoms with E-state index in [1.807, 2.05) is 6.07 Å². The number of ether oxygens (including phenoxy) is 1. The molecule has 0 saturated heterocycles. The molecule has 7 heteroatoms. The molecule has 2 N–H and O–H groups in total. The van der Waals surface area contributed by atoms with E-state index in [0.29, 0.717) is 5.75 Å². The Morgan fingerprint density at radius 1 is 1.44 bits per heavy atom. The molecule has 96 valence electrons. The van der Waals surface area contributed by atoms with Crippen molar-refractivity contribution in [3.63, 3.8) is 0 Å². The van der Waals surface area contributed by atoms with Crippen molar-refractivity contribution in [1.82, 2.24) is 14.9 Å². The fourth-order valence-corrected chi connectivity index (χ4v) is 2.35. The molecule has 0 fully saturated rings. The van der Waals surface area contributed by atoms with Gasteiger partial charge in [-0.1, -0.05) is 12.1 Å². The lowest BCUT2D eigenvalue weighted by Crippen LogP contribution is -2.22. The minimum absolute atomic E-state index is 0.116. The second-order valence-corrected chi connectivity index (χ2v) is 5.38. The van der Waals surface area contributed by atoms with Crippen LogP contribution in [0.1, 0.15) is 5.56 Å². The number of hydrogen-bond acceptors (Lipinski definition) is 4. The molecule has 0 atom stereocenters. The lowest BCUT2D eigenvalue weighted by Gasteiger charge is -2.06. The Labute approximate surface area is 105 Å². The fourth-order valence-electron chi connectivity index (χ4n) is 1.43. The fraction of sp³-hybridized carbons (Fsp3) is 0.182. The van der Waals surface area contributed by atoms with Crippen molar-refractivity contribution in [2.45, 2.75) is 11.4 Å². The number of aromatic nitrogens is 2. The molecule has 0 saturated carbocycles. The molecule has 0 radical (unpaired) electrons. The number of methoxy groups -OCH3 is 1. The van der Waals surface area contributed by atoms with E-state index in [0.717, 1.165) is 5.56 Å². The van der Waals surface area contributed by atoms with Gasteiger partial charge in [0.15, 0.2) is 0 Å². The van der Waals surface area contributed by atoms with E-state index in [9.17, 15) is 8.42 Å². The van der Waals surface area contributed by atoms with Gasteiger partial charge < -0.3 is 4.74 Å². The third-order valence-electron chi connectivity index (χ3n) is 2.38. The SMILES string of the molecule is COc1cccc(CNS(=O)(=O)c2cn[nH]c2)c1. The van der Waals surface area contributed by atoms with Crippen molar-refractivity contribution >= 4 is 10.0 Å². The van der Waals surface area contributed by atoms with Gasteiger partial charge >= 0.3 is 0 Å². The monoisotopic (exact) mass is 267 g/mol. The Balaban J connectivity index is 2.07. The van der Waals surface area contributed by atoms with Gasteiger partial charge in [0, 0.05) is 12.7 Å². The average Bonchev–Trinajstić information content (AvgIpc) is 2.91. The summed E-state index contributed by atoms with van der Waals surface area (Å²) in [5, 5.41) is 6.07. The van der Waals surface area contributed by atoms with Crippen LogP contribution in [0, 0.1) is 0 Å². The van der Waals surface area contributed by atoms with Gasteiger partial charge in [-0.3, -0.25) is 5.10 Å². The highest BCUT2D eigenvalue weighted by Gasteiger charge is 2.14. The summed E-state index contributed by atoms with van der Waals surface area (Å²) in [6.45, 7) is 0.199. The molecule has 0 aliphatic heterocycles. The van der Waals surface area contributed by atoms with Crippen LogP contribution in [0.15, 0.2) is 41.6 Å². The Hall–Kier alpha value is -1.86. The zero-order valence-corrected chi connectivity index (χ0v) is 10.6. The number of rotatable bonds is 5. The van der Waals surface area contributed by atoms with Gasteiger partial charge in [-0.05, 0) is 17.7 Å². The van der Waals surface area contributed by atoms with Crippen molar-refractivity contribution < 1.29 is 13.2 Å². The van der Waals surface area contributed by atoms with Crippen LogP contribution in [0.2, 0.25) is 0 Å². The molecule has 1 aromatic heterocycles. The summed E-state index contributed by atoms with van der Waals surface area (Å²) in [6.07, 6.45) is 2.59. The van der Waals surface area contributed by atoms with Crippen molar-refractivity contribution in [3.8, 4) is 5.75 Å². The van der Waals surface area contributed by atoms with Gasteiger partial charge in [-0.25, -0.2) is 13.1 Å². The minimum atomic E-state index is -3.52. The van der Waals surface area contributed by atoms with E-state index in [1.54, 1.807) is 25.3 Å². The first-order chi connectivity index (χ1) is 8.62. The van der Waals surface area contributed by atoms with Crippen LogP contribution in [0.5, 0.6) is 5.75 Å². The van der Waals surface area contributed by atoms with Crippen molar-refractivity contribution in [2.75, 3.05) is 7.11 Å². The van der Waals surface area contributed by atoms with E-state index in [2.05, 4.69) is 14.9 Å². The normalized spacial score (nSPS) is 11.4. The molecular formula is C11H13N3O3S. The van der Waals surface area contributed by atoms with Crippen molar-refractivity contribution in [1.29, 1.82) is 0 Å². The molecule has 2 rings (SSSR count). The van der Waals surface area contributed by atoms with Crippen LogP contribution < -0.4 is 9.46 Å². The van der Waals surface area contributed by atoms with Gasteiger partial charge in [0.05, 0.1) is 13.3 Å². The smallest absolute Gasteiger partial charge is 0.243 e. The van der Waals surface area contributed by atoms with E-state index < -0.39 is 10.0 Å². The maximum atomic E-state index is 11.8. The molecule has 2 aromatic rings. The van der Waals surface area contributed by atoms with E-state index >= 15 is 0 Å². The molecular weight excluding hydrogens is 254 g/mol. The maximum Gasteiger partial charge on any atom is 0.243 e. The number of hydrogen-bond donors (Lipinski definition) is 2. The van der Waals surface area contributed by atoms with Crippen LogP contribution in [-0.2, 0) is 16.6 Å². The summed E-state index contributed by atoms with van der Waals surface area (Å²) in [6, 6.07) is 7.20. The highest BCUT2D eigenvalue weighted by Crippen LogP contribution is 2.13. The van der Waals surface area contributed by atoms with Crippen LogP contribution >= 0.6 is 0 Å². The second-order valence-electron chi connectivity index (χ2n) is 3.61. The molecule has 0 amide bonds. The van der Waals surface area contributed by atoms with Crippen LogP contribution in [-0.4, -0.2) is 25.7 Å². The summed E-state index contributed by atoms with van der Waals surface area (Å²) >= 11 is 0. The number of H-pyrrole nitrogens is 1. The van der Waals surface area contributed by atoms with E-state index in [-0.39, 0.29) is 11.4 Å². The topological polar surface area (TPSA) is 84.1 Å². The molecule has 1 aromatic carbocycles. The Bertz CT molecular complexity index is 608. The highest BCUT2D eigenvalue weighted by molar-refractivity contribution is 7.89. The van der Waals surface area contributed by atoms with Crippen molar-refractivity contribution in [2.24, 2.45) is 0 Å². The van der Waals surface area contributed by atoms with Gasteiger partial charge in [-0.2, -0.15) is 5.10 Å². The van der Waals surface area contributed by atoms with Crippen molar-refractivity contribution in [3.05, 3.63) is 42.2 Å². The Morgan fingerprint density at radius 3 is 2.94 bits per heavy atom. The summed E-state index contributed by atoms with van der Waals surface area (Å²) in [4.78, 5) is 0.116. The molecule has 18 heavy (non-hydrogen) atoms. The lowest BCUT2D eigenvalue weighted by atomic mass is 10.2. The van der Waals surface area contributed by atoms with E-state index in [4.69, 9.17) is 4.74 Å². The third kappa shape index (κ3) is 2.88. The first-order valence-corrected chi connectivity index (χ1v) is 6.71. The predicted molar refractivity (Wildman–Crippen MR) is 65.6 cm³/mol. The molecule has 0 aliphatic rings. The van der Waals surface area contributed by atoms with Gasteiger partial charge in [-0.15, -0.1) is 0 Å². The van der Waals surface area contributed by atoms with Crippen LogP contribution in [0.25, 0.3) is 0 Å². The summed E-state index contributed by atoms with van der Waals surface area (Å²) in [7, 11) is -1.96. The second kappa shape index (κ2) is 5.19. The minimum Gasteiger partial charge on any atom is -0.497 e. The third-order valence-corrected chi connectivity index (χ3v) is 3.75. The zero-order chi connectivity index (χ0) is 13.0. The molecule has 0 unspecified atom stereocenters. The molecule has 0 spiro atoms. The number of benzene rings is 1. The summed E-state index contributed by atoms with van der Waals surface area (Å²) in [5.74, 6) is 0.690. The molecule has 0 bridgehead atoms. The quantitative estimate of drug-likeness (QED) is 0.843. The maximum absolute atomic E-state index is 11.8. The number of sulfonamides is 1.